The Balaban J connectivity index is 1.97. The van der Waals surface area contributed by atoms with Gasteiger partial charge in [-0.15, -0.1) is 0 Å². The fraction of sp³-hybridized carbons (Fsp3) is 0.625. The smallest absolute Gasteiger partial charge is 0.146 e. The van der Waals surface area contributed by atoms with E-state index in [9.17, 15) is 4.39 Å². The Bertz CT molecular complexity index is 413. The van der Waals surface area contributed by atoms with Crippen LogP contribution in [-0.4, -0.2) is 39.4 Å². The number of para-hydroxylation sites is 1. The van der Waals surface area contributed by atoms with Gasteiger partial charge in [-0.2, -0.15) is 0 Å². The van der Waals surface area contributed by atoms with Crippen LogP contribution in [0.4, 0.5) is 10.1 Å². The van der Waals surface area contributed by atoms with Crippen LogP contribution in [0.1, 0.15) is 19.8 Å². The zero-order valence-electron chi connectivity index (χ0n) is 12.4. The average molecular weight is 280 g/mol. The van der Waals surface area contributed by atoms with Gasteiger partial charge in [0.15, 0.2) is 0 Å². The molecule has 112 valence electrons. The fourth-order valence-electron chi connectivity index (χ4n) is 2.79. The standard InChI is InChI=1S/C16H25FN2O/c1-3-9-18-15-8-10-20-12-13(15)11-19(2)16-7-5-4-6-14(16)17/h4-7,13,15,18H,3,8-12H2,1-2H3. The third-order valence-corrected chi connectivity index (χ3v) is 3.90. The number of halogens is 1. The molecule has 20 heavy (non-hydrogen) atoms. The van der Waals surface area contributed by atoms with Gasteiger partial charge in [0.1, 0.15) is 5.82 Å². The Labute approximate surface area is 121 Å². The number of nitrogens with zero attached hydrogens (tertiary/aromatic N) is 1. The van der Waals surface area contributed by atoms with E-state index in [1.165, 1.54) is 6.07 Å². The third kappa shape index (κ3) is 3.93. The molecular weight excluding hydrogens is 255 g/mol. The summed E-state index contributed by atoms with van der Waals surface area (Å²) in [6, 6.07) is 7.41. The minimum Gasteiger partial charge on any atom is -0.381 e. The monoisotopic (exact) mass is 280 g/mol. The summed E-state index contributed by atoms with van der Waals surface area (Å²) in [7, 11) is 1.95. The number of hydrogen-bond acceptors (Lipinski definition) is 3. The summed E-state index contributed by atoms with van der Waals surface area (Å²) in [4.78, 5) is 2.00. The van der Waals surface area contributed by atoms with Crippen molar-refractivity contribution in [1.29, 1.82) is 0 Å². The van der Waals surface area contributed by atoms with Crippen LogP contribution in [0.25, 0.3) is 0 Å². The van der Waals surface area contributed by atoms with Crippen molar-refractivity contribution in [2.75, 3.05) is 38.3 Å². The van der Waals surface area contributed by atoms with E-state index >= 15 is 0 Å². The number of ether oxygens (including phenoxy) is 1. The van der Waals surface area contributed by atoms with Crippen molar-refractivity contribution in [3.8, 4) is 0 Å². The normalized spacial score (nSPS) is 22.8. The molecule has 4 heteroatoms. The van der Waals surface area contributed by atoms with Gasteiger partial charge in [0, 0.05) is 32.2 Å². The van der Waals surface area contributed by atoms with Crippen LogP contribution in [0, 0.1) is 11.7 Å². The van der Waals surface area contributed by atoms with E-state index in [-0.39, 0.29) is 5.82 Å². The molecule has 1 heterocycles. The van der Waals surface area contributed by atoms with Gasteiger partial charge < -0.3 is 15.0 Å². The highest BCUT2D eigenvalue weighted by Gasteiger charge is 2.26. The molecule has 0 aromatic heterocycles. The summed E-state index contributed by atoms with van der Waals surface area (Å²) in [6.07, 6.45) is 2.17. The van der Waals surface area contributed by atoms with Gasteiger partial charge in [0.2, 0.25) is 0 Å². The lowest BCUT2D eigenvalue weighted by molar-refractivity contribution is 0.0351. The van der Waals surface area contributed by atoms with Gasteiger partial charge in [-0.25, -0.2) is 4.39 Å². The Morgan fingerprint density at radius 3 is 2.95 bits per heavy atom. The number of benzene rings is 1. The van der Waals surface area contributed by atoms with Crippen LogP contribution in [0.15, 0.2) is 24.3 Å². The van der Waals surface area contributed by atoms with E-state index in [1.54, 1.807) is 6.07 Å². The van der Waals surface area contributed by atoms with Crippen molar-refractivity contribution < 1.29 is 9.13 Å². The van der Waals surface area contributed by atoms with Crippen LogP contribution >= 0.6 is 0 Å². The van der Waals surface area contributed by atoms with Crippen molar-refractivity contribution in [3.63, 3.8) is 0 Å². The highest BCUT2D eigenvalue weighted by molar-refractivity contribution is 5.46. The van der Waals surface area contributed by atoms with Crippen LogP contribution in [-0.2, 0) is 4.74 Å². The highest BCUT2D eigenvalue weighted by Crippen LogP contribution is 2.22. The molecule has 1 aliphatic rings. The van der Waals surface area contributed by atoms with E-state index in [0.29, 0.717) is 17.6 Å². The topological polar surface area (TPSA) is 24.5 Å². The van der Waals surface area contributed by atoms with E-state index < -0.39 is 0 Å². The molecule has 1 fully saturated rings. The van der Waals surface area contributed by atoms with Crippen molar-refractivity contribution >= 4 is 5.69 Å². The highest BCUT2D eigenvalue weighted by atomic mass is 19.1. The van der Waals surface area contributed by atoms with Crippen LogP contribution in [0.5, 0.6) is 0 Å². The summed E-state index contributed by atoms with van der Waals surface area (Å²) < 4.78 is 19.4. The van der Waals surface area contributed by atoms with Gasteiger partial charge in [0.05, 0.1) is 12.3 Å². The van der Waals surface area contributed by atoms with Crippen LogP contribution in [0.3, 0.4) is 0 Å². The second kappa shape index (κ2) is 7.60. The molecule has 0 aliphatic carbocycles. The number of rotatable bonds is 6. The average Bonchev–Trinajstić information content (AvgIpc) is 2.46. The summed E-state index contributed by atoms with van der Waals surface area (Å²) in [5, 5.41) is 3.59. The molecule has 1 N–H and O–H groups in total. The minimum atomic E-state index is -0.162. The summed E-state index contributed by atoms with van der Waals surface area (Å²) in [5.74, 6) is 0.240. The molecule has 3 nitrogen and oxygen atoms in total. The SMILES string of the molecule is CCCNC1CCOCC1CN(C)c1ccccc1F. The second-order valence-electron chi connectivity index (χ2n) is 5.52. The largest absolute Gasteiger partial charge is 0.381 e. The molecule has 2 rings (SSSR count). The number of nitrogens with one attached hydrogen (secondary N) is 1. The zero-order valence-corrected chi connectivity index (χ0v) is 12.4. The predicted octanol–water partition coefficient (Wildman–Crippen LogP) is 2.67. The number of anilines is 1. The zero-order chi connectivity index (χ0) is 14.4. The first-order valence-corrected chi connectivity index (χ1v) is 7.49. The van der Waals surface area contributed by atoms with Crippen molar-refractivity contribution in [1.82, 2.24) is 5.32 Å². The Hall–Kier alpha value is -1.13. The van der Waals surface area contributed by atoms with Gasteiger partial charge in [-0.05, 0) is 31.5 Å². The molecule has 1 aromatic rings. The maximum Gasteiger partial charge on any atom is 0.146 e. The van der Waals surface area contributed by atoms with E-state index in [4.69, 9.17) is 4.74 Å². The van der Waals surface area contributed by atoms with E-state index in [1.807, 2.05) is 24.1 Å². The Morgan fingerprint density at radius 2 is 2.20 bits per heavy atom. The van der Waals surface area contributed by atoms with Crippen molar-refractivity contribution in [3.05, 3.63) is 30.1 Å². The van der Waals surface area contributed by atoms with Crippen LogP contribution < -0.4 is 10.2 Å². The second-order valence-corrected chi connectivity index (χ2v) is 5.52. The third-order valence-electron chi connectivity index (χ3n) is 3.90. The van der Waals surface area contributed by atoms with E-state index in [2.05, 4.69) is 12.2 Å². The minimum absolute atomic E-state index is 0.162. The predicted molar refractivity (Wildman–Crippen MR) is 80.7 cm³/mol. The summed E-state index contributed by atoms with van der Waals surface area (Å²) >= 11 is 0. The van der Waals surface area contributed by atoms with E-state index in [0.717, 1.165) is 39.1 Å². The van der Waals surface area contributed by atoms with Gasteiger partial charge >= 0.3 is 0 Å². The molecule has 0 spiro atoms. The first-order valence-electron chi connectivity index (χ1n) is 7.49. The van der Waals surface area contributed by atoms with Crippen molar-refractivity contribution in [2.24, 2.45) is 5.92 Å². The van der Waals surface area contributed by atoms with Gasteiger partial charge in [0.25, 0.3) is 0 Å². The lowest BCUT2D eigenvalue weighted by Crippen LogP contribution is -2.47. The molecular formula is C16H25FN2O. The molecule has 0 bridgehead atoms. The molecule has 2 unspecified atom stereocenters. The maximum absolute atomic E-state index is 13.8. The molecule has 0 amide bonds. The molecule has 2 atom stereocenters. The molecule has 0 radical (unpaired) electrons. The van der Waals surface area contributed by atoms with Gasteiger partial charge in [-0.3, -0.25) is 0 Å². The van der Waals surface area contributed by atoms with Crippen molar-refractivity contribution in [2.45, 2.75) is 25.8 Å². The molecule has 0 saturated carbocycles. The first kappa shape index (κ1) is 15.3. The molecule has 1 saturated heterocycles. The lowest BCUT2D eigenvalue weighted by atomic mass is 9.95. The number of hydrogen-bond donors (Lipinski definition) is 1. The fourth-order valence-corrected chi connectivity index (χ4v) is 2.79. The quantitative estimate of drug-likeness (QED) is 0.867. The van der Waals surface area contributed by atoms with Crippen LogP contribution in [0.2, 0.25) is 0 Å². The maximum atomic E-state index is 13.8. The summed E-state index contributed by atoms with van der Waals surface area (Å²) in [6.45, 7) is 5.58. The Morgan fingerprint density at radius 1 is 1.40 bits per heavy atom. The molecule has 1 aromatic carbocycles. The molecule has 1 aliphatic heterocycles. The first-order chi connectivity index (χ1) is 9.72. The summed E-state index contributed by atoms with van der Waals surface area (Å²) in [5.41, 5.74) is 0.660. The Kier molecular flexibility index (Phi) is 5.80. The lowest BCUT2D eigenvalue weighted by Gasteiger charge is -2.35. The van der Waals surface area contributed by atoms with Gasteiger partial charge in [-0.1, -0.05) is 19.1 Å².